The summed E-state index contributed by atoms with van der Waals surface area (Å²) in [5, 5.41) is 9.14. The van der Waals surface area contributed by atoms with Crippen molar-refractivity contribution < 1.29 is 45.8 Å². The molecule has 5 rings (SSSR count). The monoisotopic (exact) mass is 680 g/mol. The number of morpholine rings is 1. The van der Waals surface area contributed by atoms with Crippen molar-refractivity contribution in [2.45, 2.75) is 32.5 Å². The van der Waals surface area contributed by atoms with E-state index in [1.165, 1.54) is 28.9 Å². The van der Waals surface area contributed by atoms with Crippen LogP contribution in [0.1, 0.15) is 28.5 Å². The van der Waals surface area contributed by atoms with Crippen LogP contribution in [0.25, 0.3) is 16.9 Å². The summed E-state index contributed by atoms with van der Waals surface area (Å²) in [7, 11) is 0. The maximum Gasteiger partial charge on any atom is 0.435 e. The molecule has 0 unspecified atom stereocenters. The standard InChI is InChI=1S/C30H33F5N8O5/c1-2-19-20(29(45)37-6-11-46-12-8-41-9-13-47-14-10-41)3-4-22(25(19)48-18-44)39-27-28-38-15-23(43(28)7-5-36-27)21-16-42(17-24(31)32)40-26(21)30(33,34)35/h3-5,7,15-16,18,24H,2,6,8-14,17H2,1H3,(H,36,39)(H,37,45). The number of amides is 1. The lowest BCUT2D eigenvalue weighted by Crippen LogP contribution is -2.38. The van der Waals surface area contributed by atoms with E-state index in [-0.39, 0.29) is 47.2 Å². The molecule has 4 aromatic rings. The molecular formula is C30H33F5N8O5. The van der Waals surface area contributed by atoms with Gasteiger partial charge in [-0.2, -0.15) is 18.3 Å². The molecule has 0 saturated carbocycles. The smallest absolute Gasteiger partial charge is 0.426 e. The molecule has 258 valence electrons. The van der Waals surface area contributed by atoms with Crippen molar-refractivity contribution in [1.29, 1.82) is 0 Å². The average molecular weight is 681 g/mol. The molecule has 13 nitrogen and oxygen atoms in total. The van der Waals surface area contributed by atoms with Crippen LogP contribution in [0.4, 0.5) is 33.5 Å². The van der Waals surface area contributed by atoms with Gasteiger partial charge in [0.25, 0.3) is 18.8 Å². The van der Waals surface area contributed by atoms with Gasteiger partial charge in [-0.3, -0.25) is 23.6 Å². The van der Waals surface area contributed by atoms with Gasteiger partial charge in [0.2, 0.25) is 0 Å². The molecule has 18 heteroatoms. The third kappa shape index (κ3) is 8.06. The second kappa shape index (κ2) is 15.5. The summed E-state index contributed by atoms with van der Waals surface area (Å²) in [6, 6.07) is 3.04. The number of imidazole rings is 1. The summed E-state index contributed by atoms with van der Waals surface area (Å²) in [4.78, 5) is 35.3. The minimum absolute atomic E-state index is 0.0464. The van der Waals surface area contributed by atoms with E-state index in [2.05, 4.69) is 30.6 Å². The van der Waals surface area contributed by atoms with Crippen molar-refractivity contribution >= 4 is 29.5 Å². The minimum Gasteiger partial charge on any atom is -0.426 e. The molecule has 3 aromatic heterocycles. The third-order valence-corrected chi connectivity index (χ3v) is 7.52. The van der Waals surface area contributed by atoms with Crippen LogP contribution in [-0.2, 0) is 33.4 Å². The van der Waals surface area contributed by atoms with E-state index in [4.69, 9.17) is 14.2 Å². The molecule has 1 aliphatic heterocycles. The Kier molecular flexibility index (Phi) is 11.2. The number of carbonyl (C=O) groups is 2. The van der Waals surface area contributed by atoms with Crippen LogP contribution in [0.3, 0.4) is 0 Å². The Morgan fingerprint density at radius 3 is 2.67 bits per heavy atom. The number of hydrogen-bond donors (Lipinski definition) is 2. The Morgan fingerprint density at radius 1 is 1.17 bits per heavy atom. The largest absolute Gasteiger partial charge is 0.435 e. The van der Waals surface area contributed by atoms with E-state index in [9.17, 15) is 31.5 Å². The number of alkyl halides is 5. The lowest BCUT2D eigenvalue weighted by Gasteiger charge is -2.26. The van der Waals surface area contributed by atoms with Crippen molar-refractivity contribution in [3.8, 4) is 17.0 Å². The molecule has 0 aliphatic carbocycles. The third-order valence-electron chi connectivity index (χ3n) is 7.52. The van der Waals surface area contributed by atoms with Crippen LogP contribution in [0, 0.1) is 0 Å². The molecule has 1 aliphatic rings. The number of ether oxygens (including phenoxy) is 3. The highest BCUT2D eigenvalue weighted by Gasteiger charge is 2.38. The number of fused-ring (bicyclic) bond motifs is 1. The first-order valence-corrected chi connectivity index (χ1v) is 15.0. The highest BCUT2D eigenvalue weighted by Crippen LogP contribution is 2.38. The predicted molar refractivity (Wildman–Crippen MR) is 161 cm³/mol. The van der Waals surface area contributed by atoms with Gasteiger partial charge in [0.15, 0.2) is 22.9 Å². The topological polar surface area (TPSA) is 137 Å². The van der Waals surface area contributed by atoms with Crippen LogP contribution in [0.15, 0.2) is 36.9 Å². The first kappa shape index (κ1) is 34.6. The van der Waals surface area contributed by atoms with Crippen molar-refractivity contribution in [3.63, 3.8) is 0 Å². The quantitative estimate of drug-likeness (QED) is 0.108. The number of nitrogens with one attached hydrogen (secondary N) is 2. The van der Waals surface area contributed by atoms with E-state index >= 15 is 0 Å². The van der Waals surface area contributed by atoms with E-state index in [0.717, 1.165) is 32.0 Å². The first-order chi connectivity index (χ1) is 23.1. The molecule has 2 N–H and O–H groups in total. The second-order valence-corrected chi connectivity index (χ2v) is 10.6. The maximum atomic E-state index is 13.8. The number of carbonyl (C=O) groups excluding carboxylic acids is 2. The zero-order chi connectivity index (χ0) is 34.3. The van der Waals surface area contributed by atoms with Gasteiger partial charge in [0.1, 0.15) is 6.54 Å². The van der Waals surface area contributed by atoms with Gasteiger partial charge in [-0.25, -0.2) is 18.7 Å². The number of hydrogen-bond acceptors (Lipinski definition) is 10. The van der Waals surface area contributed by atoms with E-state index in [1.807, 2.05) is 0 Å². The van der Waals surface area contributed by atoms with Crippen molar-refractivity contribution in [2.75, 3.05) is 57.9 Å². The summed E-state index contributed by atoms with van der Waals surface area (Å²) in [5.41, 5.74) is -0.888. The first-order valence-electron chi connectivity index (χ1n) is 15.0. The van der Waals surface area contributed by atoms with Crippen molar-refractivity contribution in [1.82, 2.24) is 34.4 Å². The van der Waals surface area contributed by atoms with Crippen molar-refractivity contribution in [2.24, 2.45) is 0 Å². The number of aromatic nitrogens is 5. The molecule has 0 atom stereocenters. The molecule has 0 bridgehead atoms. The van der Waals surface area contributed by atoms with Crippen LogP contribution in [0.5, 0.6) is 5.75 Å². The highest BCUT2D eigenvalue weighted by molar-refractivity contribution is 5.97. The lowest BCUT2D eigenvalue weighted by atomic mass is 10.0. The van der Waals surface area contributed by atoms with Crippen LogP contribution in [0.2, 0.25) is 0 Å². The van der Waals surface area contributed by atoms with Crippen molar-refractivity contribution in [3.05, 3.63) is 53.7 Å². The Balaban J connectivity index is 1.34. The SMILES string of the molecule is CCc1c(C(=O)NCCOCCN2CCOCC2)ccc(Nc2nccn3c(-c4cn(CC(F)F)nc4C(F)(F)F)cnc23)c1OC=O. The van der Waals surface area contributed by atoms with Gasteiger partial charge in [-0.05, 0) is 18.6 Å². The van der Waals surface area contributed by atoms with Crippen LogP contribution in [-0.4, -0.2) is 100 Å². The van der Waals surface area contributed by atoms with Gasteiger partial charge in [0, 0.05) is 55.9 Å². The lowest BCUT2D eigenvalue weighted by molar-refractivity contribution is -0.141. The highest BCUT2D eigenvalue weighted by atomic mass is 19.4. The molecule has 1 fully saturated rings. The fraction of sp³-hybridized carbons (Fsp3) is 0.433. The molecule has 1 aromatic carbocycles. The molecule has 0 spiro atoms. The number of anilines is 2. The van der Waals surface area contributed by atoms with E-state index in [1.54, 1.807) is 6.92 Å². The summed E-state index contributed by atoms with van der Waals surface area (Å²) in [5.74, 6) is -0.288. The summed E-state index contributed by atoms with van der Waals surface area (Å²) >= 11 is 0. The van der Waals surface area contributed by atoms with Gasteiger partial charge >= 0.3 is 6.18 Å². The van der Waals surface area contributed by atoms with Crippen LogP contribution < -0.4 is 15.4 Å². The Morgan fingerprint density at radius 2 is 1.96 bits per heavy atom. The normalized spacial score (nSPS) is 14.1. The molecule has 1 saturated heterocycles. The molecule has 48 heavy (non-hydrogen) atoms. The van der Waals surface area contributed by atoms with E-state index in [0.29, 0.717) is 43.1 Å². The number of benzene rings is 1. The number of halogens is 5. The molecule has 1 amide bonds. The fourth-order valence-electron chi connectivity index (χ4n) is 5.31. The van der Waals surface area contributed by atoms with Crippen LogP contribution >= 0.6 is 0 Å². The zero-order valence-electron chi connectivity index (χ0n) is 25.8. The summed E-state index contributed by atoms with van der Waals surface area (Å²) in [6.45, 7) is 5.89. The van der Waals surface area contributed by atoms with E-state index < -0.39 is 36.3 Å². The van der Waals surface area contributed by atoms with Gasteiger partial charge in [-0.15, -0.1) is 0 Å². The fourth-order valence-corrected chi connectivity index (χ4v) is 5.31. The Bertz CT molecular complexity index is 1720. The summed E-state index contributed by atoms with van der Waals surface area (Å²) in [6.07, 6.45) is -2.87. The molecule has 4 heterocycles. The zero-order valence-corrected chi connectivity index (χ0v) is 25.8. The number of rotatable bonds is 15. The minimum atomic E-state index is -4.93. The summed E-state index contributed by atoms with van der Waals surface area (Å²) < 4.78 is 85.4. The predicted octanol–water partition coefficient (Wildman–Crippen LogP) is 3.80. The van der Waals surface area contributed by atoms with Gasteiger partial charge in [-0.1, -0.05) is 6.92 Å². The second-order valence-electron chi connectivity index (χ2n) is 10.6. The Labute approximate surface area is 271 Å². The molecular weight excluding hydrogens is 647 g/mol. The van der Waals surface area contributed by atoms with Gasteiger partial charge in [0.05, 0.1) is 49.6 Å². The maximum absolute atomic E-state index is 13.8. The molecule has 0 radical (unpaired) electrons. The number of nitrogens with zero attached hydrogens (tertiary/aromatic N) is 6. The Hall–Kier alpha value is -4.68. The van der Waals surface area contributed by atoms with Gasteiger partial charge < -0.3 is 24.8 Å². The average Bonchev–Trinajstić information content (AvgIpc) is 3.68.